The van der Waals surface area contributed by atoms with E-state index in [1.165, 1.54) is 0 Å². The first-order valence-electron chi connectivity index (χ1n) is 6.53. The van der Waals surface area contributed by atoms with Gasteiger partial charge < -0.3 is 14.9 Å². The molecule has 1 atom stereocenters. The highest BCUT2D eigenvalue weighted by Crippen LogP contribution is 2.09. The number of H-pyrrole nitrogens is 2. The van der Waals surface area contributed by atoms with Gasteiger partial charge in [0.05, 0.1) is 6.04 Å². The Morgan fingerprint density at radius 2 is 2.19 bits per heavy atom. The number of aromatic nitrogens is 5. The first-order chi connectivity index (χ1) is 10.0. The van der Waals surface area contributed by atoms with Gasteiger partial charge in [-0.25, -0.2) is 4.79 Å². The number of carbonyl (C=O) groups is 1. The van der Waals surface area contributed by atoms with E-state index in [4.69, 9.17) is 0 Å². The molecular formula is C12H16N6O3. The molecule has 9 heteroatoms. The molecule has 2 rings (SSSR count). The molecule has 0 saturated carbocycles. The number of hydrogen-bond donors (Lipinski definition) is 3. The molecule has 0 saturated heterocycles. The molecule has 0 bridgehead atoms. The van der Waals surface area contributed by atoms with Crippen LogP contribution in [0.3, 0.4) is 0 Å². The summed E-state index contributed by atoms with van der Waals surface area (Å²) in [5.41, 5.74) is -1.46. The van der Waals surface area contributed by atoms with Crippen molar-refractivity contribution in [1.82, 2.24) is 30.0 Å². The van der Waals surface area contributed by atoms with E-state index in [0.717, 1.165) is 19.0 Å². The SMILES string of the molecule is CCCn1cnnc1[C@@H](C)NC(=O)c1cc(=O)[nH]c(=O)[nH]1. The topological polar surface area (TPSA) is 126 Å². The number of carbonyl (C=O) groups excluding carboxylic acids is 1. The minimum Gasteiger partial charge on any atom is -0.341 e. The Labute approximate surface area is 119 Å². The van der Waals surface area contributed by atoms with Crippen LogP contribution in [0, 0.1) is 0 Å². The smallest absolute Gasteiger partial charge is 0.326 e. The maximum Gasteiger partial charge on any atom is 0.326 e. The van der Waals surface area contributed by atoms with Gasteiger partial charge in [0.2, 0.25) is 0 Å². The zero-order valence-electron chi connectivity index (χ0n) is 11.7. The lowest BCUT2D eigenvalue weighted by atomic mass is 10.2. The molecule has 0 radical (unpaired) electrons. The standard InChI is InChI=1S/C12H16N6O3/c1-3-4-18-6-13-17-10(18)7(2)14-11(20)8-5-9(19)16-12(21)15-8/h5-7H,3-4H2,1-2H3,(H,14,20)(H2,15,16,19,21)/t7-/m1/s1. The van der Waals surface area contributed by atoms with Crippen LogP contribution >= 0.6 is 0 Å². The molecule has 0 fully saturated rings. The van der Waals surface area contributed by atoms with Gasteiger partial charge in [-0.1, -0.05) is 6.92 Å². The lowest BCUT2D eigenvalue weighted by molar-refractivity contribution is 0.0932. The molecule has 0 aliphatic heterocycles. The number of aromatic amines is 2. The summed E-state index contributed by atoms with van der Waals surface area (Å²) in [6, 6.07) is 0.620. The highest BCUT2D eigenvalue weighted by Gasteiger charge is 2.17. The van der Waals surface area contributed by atoms with Crippen molar-refractivity contribution in [3.63, 3.8) is 0 Å². The molecule has 1 amide bonds. The number of nitrogens with zero attached hydrogens (tertiary/aromatic N) is 3. The quantitative estimate of drug-likeness (QED) is 0.688. The van der Waals surface area contributed by atoms with Crippen molar-refractivity contribution in [2.75, 3.05) is 0 Å². The van der Waals surface area contributed by atoms with E-state index in [1.54, 1.807) is 13.3 Å². The molecule has 9 nitrogen and oxygen atoms in total. The third-order valence-corrected chi connectivity index (χ3v) is 2.85. The minimum absolute atomic E-state index is 0.0999. The van der Waals surface area contributed by atoms with Crippen molar-refractivity contribution in [2.24, 2.45) is 0 Å². The largest absolute Gasteiger partial charge is 0.341 e. The maximum atomic E-state index is 12.0. The molecule has 2 aromatic heterocycles. The highest BCUT2D eigenvalue weighted by molar-refractivity contribution is 5.92. The average molecular weight is 292 g/mol. The van der Waals surface area contributed by atoms with Crippen LogP contribution in [0.5, 0.6) is 0 Å². The monoisotopic (exact) mass is 292 g/mol. The highest BCUT2D eigenvalue weighted by atomic mass is 16.2. The molecule has 0 aliphatic carbocycles. The second kappa shape index (κ2) is 6.16. The Hall–Kier alpha value is -2.71. The predicted octanol–water partition coefficient (Wildman–Crippen LogP) is -0.444. The lowest BCUT2D eigenvalue weighted by Crippen LogP contribution is -2.33. The third kappa shape index (κ3) is 3.44. The van der Waals surface area contributed by atoms with E-state index in [2.05, 4.69) is 20.5 Å². The number of hydrogen-bond acceptors (Lipinski definition) is 5. The second-order valence-corrected chi connectivity index (χ2v) is 4.58. The molecule has 0 unspecified atom stereocenters. The molecule has 0 aliphatic rings. The summed E-state index contributed by atoms with van der Waals surface area (Å²) in [6.07, 6.45) is 2.50. The van der Waals surface area contributed by atoms with Gasteiger partial charge in [-0.3, -0.25) is 14.6 Å². The first kappa shape index (κ1) is 14.7. The van der Waals surface area contributed by atoms with Gasteiger partial charge in [0, 0.05) is 12.6 Å². The second-order valence-electron chi connectivity index (χ2n) is 4.58. The van der Waals surface area contributed by atoms with Crippen LogP contribution in [0.15, 0.2) is 22.0 Å². The van der Waals surface area contributed by atoms with Gasteiger partial charge in [0.25, 0.3) is 11.5 Å². The summed E-state index contributed by atoms with van der Waals surface area (Å²) >= 11 is 0. The fraction of sp³-hybridized carbons (Fsp3) is 0.417. The molecule has 0 aromatic carbocycles. The van der Waals surface area contributed by atoms with E-state index in [0.29, 0.717) is 5.82 Å². The van der Waals surface area contributed by atoms with Gasteiger partial charge in [-0.2, -0.15) is 0 Å². The van der Waals surface area contributed by atoms with Crippen molar-refractivity contribution >= 4 is 5.91 Å². The Bertz CT molecular complexity index is 715. The van der Waals surface area contributed by atoms with E-state index < -0.39 is 23.2 Å². The summed E-state index contributed by atoms with van der Waals surface area (Å²) in [5.74, 6) is 0.0501. The Kier molecular flexibility index (Phi) is 4.31. The normalized spacial score (nSPS) is 12.1. The Morgan fingerprint density at radius 1 is 1.43 bits per heavy atom. The van der Waals surface area contributed by atoms with Crippen LogP contribution in [-0.4, -0.2) is 30.6 Å². The van der Waals surface area contributed by atoms with Crippen LogP contribution < -0.4 is 16.6 Å². The zero-order chi connectivity index (χ0) is 15.4. The van der Waals surface area contributed by atoms with Crippen LogP contribution in [0.1, 0.15) is 42.6 Å². The number of rotatable bonds is 5. The summed E-state index contributed by atoms with van der Waals surface area (Å²) in [4.78, 5) is 38.6. The third-order valence-electron chi connectivity index (χ3n) is 2.85. The maximum absolute atomic E-state index is 12.0. The summed E-state index contributed by atoms with van der Waals surface area (Å²) < 4.78 is 1.84. The zero-order valence-corrected chi connectivity index (χ0v) is 11.7. The van der Waals surface area contributed by atoms with E-state index in [-0.39, 0.29) is 5.69 Å². The molecule has 3 N–H and O–H groups in total. The molecule has 21 heavy (non-hydrogen) atoms. The predicted molar refractivity (Wildman–Crippen MR) is 73.9 cm³/mol. The van der Waals surface area contributed by atoms with Crippen molar-refractivity contribution in [3.05, 3.63) is 44.8 Å². The minimum atomic E-state index is -0.727. The molecule has 2 heterocycles. The van der Waals surface area contributed by atoms with Gasteiger partial charge in [-0.05, 0) is 13.3 Å². The average Bonchev–Trinajstić information content (AvgIpc) is 2.86. The Morgan fingerprint density at radius 3 is 2.86 bits per heavy atom. The van der Waals surface area contributed by atoms with Crippen LogP contribution in [-0.2, 0) is 6.54 Å². The Balaban J connectivity index is 2.16. The lowest BCUT2D eigenvalue weighted by Gasteiger charge is -2.14. The number of nitrogens with one attached hydrogen (secondary N) is 3. The van der Waals surface area contributed by atoms with Crippen molar-refractivity contribution in [2.45, 2.75) is 32.9 Å². The molecule has 0 spiro atoms. The van der Waals surface area contributed by atoms with Crippen LogP contribution in [0.25, 0.3) is 0 Å². The summed E-state index contributed by atoms with van der Waals surface area (Å²) in [5, 5.41) is 10.5. The van der Waals surface area contributed by atoms with Gasteiger partial charge in [0.1, 0.15) is 12.0 Å². The summed E-state index contributed by atoms with van der Waals surface area (Å²) in [7, 11) is 0. The van der Waals surface area contributed by atoms with Crippen LogP contribution in [0.4, 0.5) is 0 Å². The molecule has 2 aromatic rings. The van der Waals surface area contributed by atoms with Crippen molar-refractivity contribution in [1.29, 1.82) is 0 Å². The van der Waals surface area contributed by atoms with Gasteiger partial charge in [-0.15, -0.1) is 10.2 Å². The van der Waals surface area contributed by atoms with Crippen molar-refractivity contribution < 1.29 is 4.79 Å². The first-order valence-corrected chi connectivity index (χ1v) is 6.53. The number of amides is 1. The van der Waals surface area contributed by atoms with Crippen molar-refractivity contribution in [3.8, 4) is 0 Å². The number of aryl methyl sites for hydroxylation is 1. The fourth-order valence-corrected chi connectivity index (χ4v) is 1.94. The van der Waals surface area contributed by atoms with Gasteiger partial charge >= 0.3 is 5.69 Å². The van der Waals surface area contributed by atoms with E-state index >= 15 is 0 Å². The van der Waals surface area contributed by atoms with Crippen LogP contribution in [0.2, 0.25) is 0 Å². The molecular weight excluding hydrogens is 276 g/mol. The fourth-order valence-electron chi connectivity index (χ4n) is 1.94. The van der Waals surface area contributed by atoms with E-state index in [1.807, 2.05) is 16.5 Å². The van der Waals surface area contributed by atoms with E-state index in [9.17, 15) is 14.4 Å². The summed E-state index contributed by atoms with van der Waals surface area (Å²) in [6.45, 7) is 4.51. The van der Waals surface area contributed by atoms with Gasteiger partial charge in [0.15, 0.2) is 5.82 Å². The molecule has 112 valence electrons.